The molecule has 6 N–H and O–H groups in total. The third kappa shape index (κ3) is 6.68. The van der Waals surface area contributed by atoms with Gasteiger partial charge in [-0.05, 0) is 122 Å². The number of carbonyl (C=O) groups excluding carboxylic acids is 4. The average Bonchev–Trinajstić information content (AvgIpc) is 3.13. The van der Waals surface area contributed by atoms with Crippen LogP contribution < -0.4 is 10.6 Å². The molecular weight excluding hydrogens is 709 g/mol. The number of aryl methyl sites for hydroxylation is 1. The summed E-state index contributed by atoms with van der Waals surface area (Å²) in [6.07, 6.45) is 4.14. The number of hydrogen-bond donors (Lipinski definition) is 6. The van der Waals surface area contributed by atoms with Gasteiger partial charge >= 0.3 is 0 Å². The molecule has 2 aliphatic carbocycles. The van der Waals surface area contributed by atoms with E-state index in [0.29, 0.717) is 55.9 Å². The molecule has 0 bridgehead atoms. The topological polar surface area (TPSA) is 173 Å². The SMILES string of the molecule is CC(=O)c1ccc(N/C=C2\C(=O)C(O)=C(C(C)C)c3cc(C)c(-c4c(C)c(C(C)C)c5c(c4O)/C(=C/Nc4ccc(C(C)=O)cc4)C(=O)C(O)=C5)c(O)c32)cc1. The van der Waals surface area contributed by atoms with Crippen molar-refractivity contribution < 1.29 is 39.6 Å². The normalized spacial score (nSPS) is 15.4. The van der Waals surface area contributed by atoms with Crippen molar-refractivity contribution in [1.29, 1.82) is 0 Å². The zero-order valence-electron chi connectivity index (χ0n) is 32.5. The van der Waals surface area contributed by atoms with Crippen molar-refractivity contribution in [2.75, 3.05) is 10.6 Å². The first kappa shape index (κ1) is 39.0. The number of anilines is 2. The molecule has 0 heterocycles. The van der Waals surface area contributed by atoms with Crippen LogP contribution in [-0.2, 0) is 9.59 Å². The summed E-state index contributed by atoms with van der Waals surface area (Å²) >= 11 is 0. The second-order valence-electron chi connectivity index (χ2n) is 14.8. The van der Waals surface area contributed by atoms with E-state index >= 15 is 0 Å². The Morgan fingerprint density at radius 1 is 0.643 bits per heavy atom. The van der Waals surface area contributed by atoms with Crippen LogP contribution in [0.2, 0.25) is 0 Å². The molecule has 0 aromatic heterocycles. The van der Waals surface area contributed by atoms with Gasteiger partial charge in [0.05, 0.1) is 11.1 Å². The molecule has 0 radical (unpaired) electrons. The van der Waals surface area contributed by atoms with Crippen LogP contribution in [0.25, 0.3) is 33.9 Å². The Hall–Kier alpha value is -6.68. The van der Waals surface area contributed by atoms with Crippen molar-refractivity contribution in [3.63, 3.8) is 0 Å². The molecule has 4 aromatic rings. The Bertz CT molecular complexity index is 2500. The van der Waals surface area contributed by atoms with Crippen molar-refractivity contribution in [3.05, 3.63) is 129 Å². The van der Waals surface area contributed by atoms with Crippen LogP contribution >= 0.6 is 0 Å². The smallest absolute Gasteiger partial charge is 0.229 e. The molecule has 0 amide bonds. The number of rotatable bonds is 9. The fourth-order valence-corrected chi connectivity index (χ4v) is 7.69. The third-order valence-corrected chi connectivity index (χ3v) is 10.4. The van der Waals surface area contributed by atoms with Gasteiger partial charge < -0.3 is 31.1 Å². The van der Waals surface area contributed by atoms with Gasteiger partial charge in [0.15, 0.2) is 23.1 Å². The molecule has 0 fully saturated rings. The Morgan fingerprint density at radius 2 is 1.12 bits per heavy atom. The van der Waals surface area contributed by atoms with Gasteiger partial charge in [-0.3, -0.25) is 19.2 Å². The summed E-state index contributed by atoms with van der Waals surface area (Å²) in [5, 5.41) is 53.1. The standard InChI is InChI=1S/C46H44N2O8/c1-21(2)36-24(6)39(45(55)41-32(36)18-35(51)42(52)33(41)19-47-29-13-9-27(10-14-29)25(7)49)38-23(5)17-31-37(22(3)4)46(56)43(53)34(40(31)44(38)54)20-48-30-15-11-28(12-16-30)26(8)50/h9-22,47-48,51,54-56H,1-8H3/b33-19-,34-20-. The number of ketones is 4. The lowest BCUT2D eigenvalue weighted by Gasteiger charge is -2.30. The maximum Gasteiger partial charge on any atom is 0.229 e. The Kier molecular flexibility index (Phi) is 10.4. The third-order valence-electron chi connectivity index (χ3n) is 10.4. The minimum Gasteiger partial charge on any atom is -0.507 e. The number of carbonyl (C=O) groups is 4. The highest BCUT2D eigenvalue weighted by atomic mass is 16.3. The number of fused-ring (bicyclic) bond motifs is 2. The van der Waals surface area contributed by atoms with Crippen molar-refractivity contribution in [3.8, 4) is 22.6 Å². The molecule has 10 heteroatoms. The predicted octanol–water partition coefficient (Wildman–Crippen LogP) is 9.81. The van der Waals surface area contributed by atoms with E-state index in [2.05, 4.69) is 10.6 Å². The Balaban J connectivity index is 1.61. The average molecular weight is 753 g/mol. The number of phenols is 2. The first-order valence-corrected chi connectivity index (χ1v) is 18.3. The van der Waals surface area contributed by atoms with Crippen molar-refractivity contribution in [2.24, 2.45) is 5.92 Å². The fraction of sp³-hybridized carbons (Fsp3) is 0.217. The highest BCUT2D eigenvalue weighted by Gasteiger charge is 2.38. The summed E-state index contributed by atoms with van der Waals surface area (Å²) < 4.78 is 0. The highest BCUT2D eigenvalue weighted by molar-refractivity contribution is 6.34. The van der Waals surface area contributed by atoms with Crippen LogP contribution in [0, 0.1) is 19.8 Å². The molecule has 6 rings (SSSR count). The molecule has 286 valence electrons. The van der Waals surface area contributed by atoms with E-state index in [4.69, 9.17) is 0 Å². The van der Waals surface area contributed by atoms with Gasteiger partial charge in [-0.25, -0.2) is 0 Å². The van der Waals surface area contributed by atoms with Crippen molar-refractivity contribution >= 4 is 57.3 Å². The Labute approximate surface area is 325 Å². The summed E-state index contributed by atoms with van der Waals surface area (Å²) in [5.74, 6) is -3.76. The number of aromatic hydroxyl groups is 2. The van der Waals surface area contributed by atoms with Gasteiger partial charge in [-0.15, -0.1) is 0 Å². The minimum atomic E-state index is -0.739. The number of nitrogens with one attached hydrogen (secondary N) is 2. The predicted molar refractivity (Wildman–Crippen MR) is 220 cm³/mol. The zero-order chi connectivity index (χ0) is 40.9. The maximum absolute atomic E-state index is 14.0. The molecule has 0 atom stereocenters. The molecule has 4 aromatic carbocycles. The Morgan fingerprint density at radius 3 is 1.59 bits per heavy atom. The number of benzene rings is 4. The van der Waals surface area contributed by atoms with E-state index in [-0.39, 0.29) is 68.3 Å². The number of aliphatic hydroxyl groups is 2. The van der Waals surface area contributed by atoms with Gasteiger partial charge in [0.1, 0.15) is 11.5 Å². The molecular formula is C46H44N2O8. The van der Waals surface area contributed by atoms with Crippen LogP contribution in [0.15, 0.2) is 78.5 Å². The summed E-state index contributed by atoms with van der Waals surface area (Å²) in [5.41, 5.74) is 5.85. The lowest BCUT2D eigenvalue weighted by molar-refractivity contribution is -0.113. The summed E-state index contributed by atoms with van der Waals surface area (Å²) in [6, 6.07) is 15.0. The van der Waals surface area contributed by atoms with E-state index in [9.17, 15) is 39.6 Å². The maximum atomic E-state index is 14.0. The van der Waals surface area contributed by atoms with Gasteiger partial charge in [0, 0.05) is 62.7 Å². The van der Waals surface area contributed by atoms with Crippen LogP contribution in [0.5, 0.6) is 11.5 Å². The largest absolute Gasteiger partial charge is 0.507 e. The fourth-order valence-electron chi connectivity index (χ4n) is 7.69. The van der Waals surface area contributed by atoms with Crippen LogP contribution in [0.3, 0.4) is 0 Å². The molecule has 10 nitrogen and oxygen atoms in total. The number of aliphatic hydroxyl groups excluding tert-OH is 2. The first-order valence-electron chi connectivity index (χ1n) is 18.3. The second-order valence-corrected chi connectivity index (χ2v) is 14.8. The van der Waals surface area contributed by atoms with Crippen LogP contribution in [-0.4, -0.2) is 43.6 Å². The molecule has 0 aliphatic heterocycles. The van der Waals surface area contributed by atoms with E-state index in [1.165, 1.54) is 32.3 Å². The van der Waals surface area contributed by atoms with Crippen molar-refractivity contribution in [2.45, 2.75) is 61.3 Å². The molecule has 0 saturated heterocycles. The lowest BCUT2D eigenvalue weighted by atomic mass is 9.75. The van der Waals surface area contributed by atoms with E-state index < -0.39 is 23.1 Å². The van der Waals surface area contributed by atoms with Gasteiger partial charge in [-0.2, -0.15) is 0 Å². The molecule has 56 heavy (non-hydrogen) atoms. The summed E-state index contributed by atoms with van der Waals surface area (Å²) in [4.78, 5) is 51.3. The molecule has 2 aliphatic rings. The van der Waals surface area contributed by atoms with E-state index in [0.717, 1.165) is 0 Å². The van der Waals surface area contributed by atoms with E-state index in [1.54, 1.807) is 68.4 Å². The number of hydrogen-bond acceptors (Lipinski definition) is 10. The molecule has 0 unspecified atom stereocenters. The number of allylic oxidation sites excluding steroid dienone is 3. The zero-order valence-corrected chi connectivity index (χ0v) is 32.5. The monoisotopic (exact) mass is 752 g/mol. The summed E-state index contributed by atoms with van der Waals surface area (Å²) in [7, 11) is 0. The van der Waals surface area contributed by atoms with E-state index in [1.807, 2.05) is 27.7 Å². The lowest BCUT2D eigenvalue weighted by Crippen LogP contribution is -2.19. The van der Waals surface area contributed by atoms with Crippen LogP contribution in [0.1, 0.15) is 107 Å². The highest BCUT2D eigenvalue weighted by Crippen LogP contribution is 2.54. The van der Waals surface area contributed by atoms with Crippen molar-refractivity contribution in [1.82, 2.24) is 0 Å². The number of phenolic OH excluding ortho intramolecular Hbond substituents is 2. The summed E-state index contributed by atoms with van der Waals surface area (Å²) in [6.45, 7) is 14.0. The van der Waals surface area contributed by atoms with Gasteiger partial charge in [0.2, 0.25) is 11.6 Å². The molecule has 0 spiro atoms. The van der Waals surface area contributed by atoms with Gasteiger partial charge in [0.25, 0.3) is 0 Å². The second kappa shape index (κ2) is 14.9. The van der Waals surface area contributed by atoms with Crippen LogP contribution in [0.4, 0.5) is 11.4 Å². The first-order chi connectivity index (χ1) is 26.4. The molecule has 0 saturated carbocycles. The number of Topliss-reactive ketones (excluding diaryl/α,β-unsaturated/α-hetero) is 4. The quantitative estimate of drug-likeness (QED) is 0.0714. The minimum absolute atomic E-state index is 0.0286. The van der Waals surface area contributed by atoms with Gasteiger partial charge in [-0.1, -0.05) is 33.8 Å².